The Balaban J connectivity index is 1.58. The summed E-state index contributed by atoms with van der Waals surface area (Å²) in [5, 5.41) is 7.16. The highest BCUT2D eigenvalue weighted by atomic mass is 19.4. The van der Waals surface area contributed by atoms with Crippen molar-refractivity contribution in [2.75, 3.05) is 13.1 Å². The van der Waals surface area contributed by atoms with E-state index in [0.717, 1.165) is 25.0 Å². The summed E-state index contributed by atoms with van der Waals surface area (Å²) < 4.78 is 40.9. The second kappa shape index (κ2) is 7.77. The lowest BCUT2D eigenvalue weighted by atomic mass is 10.0. The molecule has 1 aromatic carbocycles. The molecule has 2 heterocycles. The normalized spacial score (nSPS) is 17.8. The average Bonchev–Trinajstić information content (AvgIpc) is 3.45. The number of carbonyl (C=O) groups excluding carboxylic acids is 2. The standard InChI is InChI=1S/C21H23F3N4O2/c1-13(29)26-16-7-9-27(10-8-16)20(30)18-12-25-28(19(18)14-5-6-14)17-4-2-3-15(11-17)21(22,23)24/h2-4,11-12,14,16H,5-10H2,1H3,(H,26,29). The molecule has 0 unspecified atom stereocenters. The van der Waals surface area contributed by atoms with E-state index in [-0.39, 0.29) is 23.8 Å². The van der Waals surface area contributed by atoms with Crippen LogP contribution in [0.5, 0.6) is 0 Å². The van der Waals surface area contributed by atoms with Crippen LogP contribution in [-0.4, -0.2) is 45.6 Å². The lowest BCUT2D eigenvalue weighted by Crippen LogP contribution is -2.46. The van der Waals surface area contributed by atoms with Crippen LogP contribution in [0.1, 0.15) is 60.1 Å². The van der Waals surface area contributed by atoms with E-state index in [0.29, 0.717) is 42.9 Å². The molecular formula is C21H23F3N4O2. The number of likely N-dealkylation sites (tertiary alicyclic amines) is 1. The monoisotopic (exact) mass is 420 g/mol. The van der Waals surface area contributed by atoms with E-state index in [2.05, 4.69) is 10.4 Å². The number of amides is 2. The quantitative estimate of drug-likeness (QED) is 0.823. The Morgan fingerprint density at radius 3 is 2.43 bits per heavy atom. The zero-order valence-corrected chi connectivity index (χ0v) is 16.6. The second-order valence-corrected chi connectivity index (χ2v) is 7.94. The maximum atomic E-state index is 13.2. The van der Waals surface area contributed by atoms with E-state index in [1.165, 1.54) is 23.9 Å². The van der Waals surface area contributed by atoms with Gasteiger partial charge in [0.1, 0.15) is 0 Å². The molecule has 2 fully saturated rings. The fourth-order valence-electron chi connectivity index (χ4n) is 3.98. The van der Waals surface area contributed by atoms with Crippen LogP contribution < -0.4 is 5.32 Å². The number of nitrogens with one attached hydrogen (secondary N) is 1. The van der Waals surface area contributed by atoms with Crippen molar-refractivity contribution in [3.63, 3.8) is 0 Å². The first-order valence-corrected chi connectivity index (χ1v) is 10.1. The third kappa shape index (κ3) is 4.20. The molecule has 1 aliphatic carbocycles. The highest BCUT2D eigenvalue weighted by molar-refractivity contribution is 5.95. The van der Waals surface area contributed by atoms with Gasteiger partial charge >= 0.3 is 6.18 Å². The number of halogens is 3. The Morgan fingerprint density at radius 1 is 1.13 bits per heavy atom. The Morgan fingerprint density at radius 2 is 1.83 bits per heavy atom. The predicted molar refractivity (Wildman–Crippen MR) is 103 cm³/mol. The van der Waals surface area contributed by atoms with Crippen molar-refractivity contribution in [1.29, 1.82) is 0 Å². The second-order valence-electron chi connectivity index (χ2n) is 7.94. The summed E-state index contributed by atoms with van der Waals surface area (Å²) in [5.41, 5.74) is 0.691. The third-order valence-electron chi connectivity index (χ3n) is 5.61. The first-order chi connectivity index (χ1) is 14.2. The Hall–Kier alpha value is -2.84. The molecule has 30 heavy (non-hydrogen) atoms. The van der Waals surface area contributed by atoms with Gasteiger partial charge in [-0.05, 0) is 43.9 Å². The van der Waals surface area contributed by atoms with Crippen LogP contribution in [0, 0.1) is 0 Å². The Bertz CT molecular complexity index is 957. The van der Waals surface area contributed by atoms with E-state index < -0.39 is 11.7 Å². The topological polar surface area (TPSA) is 67.2 Å². The van der Waals surface area contributed by atoms with Crippen molar-refractivity contribution in [1.82, 2.24) is 20.0 Å². The molecule has 0 spiro atoms. The molecule has 1 N–H and O–H groups in total. The van der Waals surface area contributed by atoms with Crippen LogP contribution in [-0.2, 0) is 11.0 Å². The van der Waals surface area contributed by atoms with Crippen LogP contribution in [0.2, 0.25) is 0 Å². The smallest absolute Gasteiger partial charge is 0.353 e. The number of aromatic nitrogens is 2. The fraction of sp³-hybridized carbons (Fsp3) is 0.476. The summed E-state index contributed by atoms with van der Waals surface area (Å²) >= 11 is 0. The first kappa shape index (κ1) is 20.4. The van der Waals surface area contributed by atoms with Crippen molar-refractivity contribution in [2.24, 2.45) is 0 Å². The lowest BCUT2D eigenvalue weighted by molar-refractivity contribution is -0.137. The molecule has 2 aliphatic rings. The van der Waals surface area contributed by atoms with Gasteiger partial charge in [0.2, 0.25) is 5.91 Å². The van der Waals surface area contributed by atoms with Crippen molar-refractivity contribution < 1.29 is 22.8 Å². The van der Waals surface area contributed by atoms with Gasteiger partial charge in [-0.2, -0.15) is 18.3 Å². The maximum Gasteiger partial charge on any atom is 0.416 e. The third-order valence-corrected chi connectivity index (χ3v) is 5.61. The van der Waals surface area contributed by atoms with Gasteiger partial charge in [0.25, 0.3) is 5.91 Å². The number of hydrogen-bond acceptors (Lipinski definition) is 3. The van der Waals surface area contributed by atoms with Crippen LogP contribution >= 0.6 is 0 Å². The van der Waals surface area contributed by atoms with Crippen LogP contribution in [0.3, 0.4) is 0 Å². The number of hydrogen-bond donors (Lipinski definition) is 1. The molecule has 4 rings (SSSR count). The first-order valence-electron chi connectivity index (χ1n) is 10.1. The molecule has 0 atom stereocenters. The summed E-state index contributed by atoms with van der Waals surface area (Å²) in [6.07, 6.45) is 0.138. The molecule has 9 heteroatoms. The number of alkyl halides is 3. The van der Waals surface area contributed by atoms with E-state index in [4.69, 9.17) is 0 Å². The summed E-state index contributed by atoms with van der Waals surface area (Å²) in [5.74, 6) is -0.118. The lowest BCUT2D eigenvalue weighted by Gasteiger charge is -2.32. The average molecular weight is 420 g/mol. The Kier molecular flexibility index (Phi) is 5.29. The molecule has 1 aromatic heterocycles. The van der Waals surface area contributed by atoms with Gasteiger partial charge in [0.15, 0.2) is 0 Å². The number of rotatable bonds is 4. The van der Waals surface area contributed by atoms with Gasteiger partial charge in [0, 0.05) is 32.0 Å². The minimum Gasteiger partial charge on any atom is -0.353 e. The van der Waals surface area contributed by atoms with Gasteiger partial charge in [-0.3, -0.25) is 9.59 Å². The summed E-state index contributed by atoms with van der Waals surface area (Å²) in [6, 6.07) is 5.06. The molecule has 6 nitrogen and oxygen atoms in total. The van der Waals surface area contributed by atoms with Crippen molar-refractivity contribution >= 4 is 11.8 Å². The minimum absolute atomic E-state index is 0.0577. The van der Waals surface area contributed by atoms with Crippen molar-refractivity contribution in [3.8, 4) is 5.69 Å². The van der Waals surface area contributed by atoms with Crippen molar-refractivity contribution in [3.05, 3.63) is 47.3 Å². The number of piperidine rings is 1. The predicted octanol–water partition coefficient (Wildman–Crippen LogP) is 3.51. The molecule has 1 saturated carbocycles. The van der Waals surface area contributed by atoms with Gasteiger partial charge in [-0.25, -0.2) is 4.68 Å². The van der Waals surface area contributed by atoms with Gasteiger partial charge in [-0.15, -0.1) is 0 Å². The van der Waals surface area contributed by atoms with E-state index in [1.807, 2.05) is 0 Å². The van der Waals surface area contributed by atoms with Gasteiger partial charge in [-0.1, -0.05) is 6.07 Å². The summed E-state index contributed by atoms with van der Waals surface area (Å²) in [7, 11) is 0. The minimum atomic E-state index is -4.44. The molecule has 0 bridgehead atoms. The number of benzene rings is 1. The zero-order valence-electron chi connectivity index (χ0n) is 16.6. The Labute approximate surface area is 172 Å². The van der Waals surface area contributed by atoms with Crippen LogP contribution in [0.25, 0.3) is 5.69 Å². The number of nitrogens with zero attached hydrogens (tertiary/aromatic N) is 3. The number of carbonyl (C=O) groups is 2. The zero-order chi connectivity index (χ0) is 21.5. The van der Waals surface area contributed by atoms with E-state index in [1.54, 1.807) is 11.0 Å². The molecule has 2 amide bonds. The molecule has 160 valence electrons. The largest absolute Gasteiger partial charge is 0.416 e. The van der Waals surface area contributed by atoms with E-state index >= 15 is 0 Å². The summed E-state index contributed by atoms with van der Waals surface area (Å²) in [6.45, 7) is 2.51. The molecule has 2 aromatic rings. The maximum absolute atomic E-state index is 13.2. The molecule has 0 radical (unpaired) electrons. The van der Waals surface area contributed by atoms with Crippen LogP contribution in [0.15, 0.2) is 30.5 Å². The van der Waals surface area contributed by atoms with E-state index in [9.17, 15) is 22.8 Å². The van der Waals surface area contributed by atoms with Gasteiger partial charge in [0.05, 0.1) is 28.7 Å². The molecule has 1 aliphatic heterocycles. The van der Waals surface area contributed by atoms with Gasteiger partial charge < -0.3 is 10.2 Å². The molecular weight excluding hydrogens is 397 g/mol. The summed E-state index contributed by atoms with van der Waals surface area (Å²) in [4.78, 5) is 26.1. The highest BCUT2D eigenvalue weighted by Crippen LogP contribution is 2.43. The fourth-order valence-corrected chi connectivity index (χ4v) is 3.98. The highest BCUT2D eigenvalue weighted by Gasteiger charge is 2.36. The van der Waals surface area contributed by atoms with Crippen LogP contribution in [0.4, 0.5) is 13.2 Å². The SMILES string of the molecule is CC(=O)NC1CCN(C(=O)c2cnn(-c3cccc(C(F)(F)F)c3)c2C2CC2)CC1. The van der Waals surface area contributed by atoms with Crippen molar-refractivity contribution in [2.45, 2.75) is 50.7 Å². The molecule has 1 saturated heterocycles.